The van der Waals surface area contributed by atoms with E-state index in [0.717, 1.165) is 62.3 Å². The number of likely N-dealkylation sites (tertiary alicyclic amines) is 1. The first-order valence-electron chi connectivity index (χ1n) is 14.7. The Morgan fingerprint density at radius 1 is 1.05 bits per heavy atom. The number of piperidine rings is 1. The number of hydrogen-bond donors (Lipinski definition) is 3. The van der Waals surface area contributed by atoms with Crippen molar-refractivity contribution in [2.24, 2.45) is 5.92 Å². The number of nitrogens with zero attached hydrogens (tertiary/aromatic N) is 2. The van der Waals surface area contributed by atoms with Crippen LogP contribution in [-0.4, -0.2) is 47.2 Å². The zero-order valence-electron chi connectivity index (χ0n) is 23.4. The summed E-state index contributed by atoms with van der Waals surface area (Å²) in [6.45, 7) is 5.53. The molecule has 1 aliphatic carbocycles. The Kier molecular flexibility index (Phi) is 9.12. The molecule has 210 valence electrons. The summed E-state index contributed by atoms with van der Waals surface area (Å²) in [5.41, 5.74) is 9.69. The van der Waals surface area contributed by atoms with E-state index in [2.05, 4.69) is 22.1 Å². The van der Waals surface area contributed by atoms with Gasteiger partial charge in [0.15, 0.2) is 0 Å². The first kappa shape index (κ1) is 27.8. The minimum Gasteiger partial charge on any atom is -0.490 e. The standard InChI is InChI=1S/C33H41N5O2/c1-2-19-38-20-16-27(17-21-38)40-26-13-10-23(11-14-26)31(35)28-22-25(12-15-29(28)34)33(39)37-32(24-7-3-4-8-24)30-9-5-6-18-36-30/h5-6,9-15,18,22,24,27,32,35H,2-4,7-8,16-17,19-21,34H2,1H3,(H,37,39). The summed E-state index contributed by atoms with van der Waals surface area (Å²) < 4.78 is 6.23. The Bertz CT molecular complexity index is 1280. The molecule has 1 saturated heterocycles. The average Bonchev–Trinajstić information content (AvgIpc) is 3.52. The minimum atomic E-state index is -0.176. The Morgan fingerprint density at radius 2 is 1.77 bits per heavy atom. The van der Waals surface area contributed by atoms with E-state index in [0.29, 0.717) is 22.7 Å². The highest BCUT2D eigenvalue weighted by Crippen LogP contribution is 2.35. The number of rotatable bonds is 10. The van der Waals surface area contributed by atoms with E-state index in [4.69, 9.17) is 15.9 Å². The number of carbonyl (C=O) groups excluding carboxylic acids is 1. The third kappa shape index (κ3) is 6.70. The second-order valence-electron chi connectivity index (χ2n) is 11.1. The van der Waals surface area contributed by atoms with Crippen LogP contribution in [0.2, 0.25) is 0 Å². The number of carbonyl (C=O) groups is 1. The fourth-order valence-corrected chi connectivity index (χ4v) is 6.04. The molecule has 1 aromatic heterocycles. The van der Waals surface area contributed by atoms with Crippen LogP contribution in [0.25, 0.3) is 0 Å². The van der Waals surface area contributed by atoms with Crippen molar-refractivity contribution in [1.29, 1.82) is 5.41 Å². The molecule has 1 aliphatic heterocycles. The molecule has 1 unspecified atom stereocenters. The van der Waals surface area contributed by atoms with Crippen LogP contribution in [0.5, 0.6) is 5.75 Å². The number of pyridine rings is 1. The van der Waals surface area contributed by atoms with Gasteiger partial charge in [0.2, 0.25) is 0 Å². The fraction of sp³-hybridized carbons (Fsp3) is 0.424. The maximum absolute atomic E-state index is 13.4. The fourth-order valence-electron chi connectivity index (χ4n) is 6.04. The van der Waals surface area contributed by atoms with Gasteiger partial charge in [0, 0.05) is 41.7 Å². The van der Waals surface area contributed by atoms with Crippen LogP contribution in [0.15, 0.2) is 66.9 Å². The lowest BCUT2D eigenvalue weighted by molar-refractivity contribution is 0.0920. The highest BCUT2D eigenvalue weighted by atomic mass is 16.5. The smallest absolute Gasteiger partial charge is 0.251 e. The van der Waals surface area contributed by atoms with E-state index in [1.54, 1.807) is 24.4 Å². The number of ether oxygens (including phenoxy) is 1. The van der Waals surface area contributed by atoms with Gasteiger partial charge in [-0.15, -0.1) is 0 Å². The van der Waals surface area contributed by atoms with Crippen molar-refractivity contribution in [2.75, 3.05) is 25.4 Å². The molecule has 2 aliphatic rings. The molecule has 2 fully saturated rings. The Balaban J connectivity index is 1.26. The van der Waals surface area contributed by atoms with Crippen molar-refractivity contribution in [3.8, 4) is 5.75 Å². The van der Waals surface area contributed by atoms with Crippen molar-refractivity contribution in [2.45, 2.75) is 64.0 Å². The van der Waals surface area contributed by atoms with Gasteiger partial charge in [0.25, 0.3) is 5.91 Å². The molecule has 1 saturated carbocycles. The molecule has 1 amide bonds. The zero-order valence-corrected chi connectivity index (χ0v) is 23.4. The molecule has 0 bridgehead atoms. The summed E-state index contributed by atoms with van der Waals surface area (Å²) >= 11 is 0. The molecular weight excluding hydrogens is 498 g/mol. The Hall–Kier alpha value is -3.71. The number of benzene rings is 2. The molecule has 2 heterocycles. The SMILES string of the molecule is CCCN1CCC(Oc2ccc(C(=N)c3cc(C(=O)NC(c4ccccn4)C4CCCC4)ccc3N)cc2)CC1. The summed E-state index contributed by atoms with van der Waals surface area (Å²) in [5.74, 6) is 1.01. The monoisotopic (exact) mass is 539 g/mol. The van der Waals surface area contributed by atoms with Crippen LogP contribution < -0.4 is 15.8 Å². The maximum atomic E-state index is 13.4. The highest BCUT2D eigenvalue weighted by Gasteiger charge is 2.29. The second-order valence-corrected chi connectivity index (χ2v) is 11.1. The number of nitrogens with one attached hydrogen (secondary N) is 2. The molecule has 7 heteroatoms. The van der Waals surface area contributed by atoms with Gasteiger partial charge < -0.3 is 20.7 Å². The highest BCUT2D eigenvalue weighted by molar-refractivity contribution is 6.14. The minimum absolute atomic E-state index is 0.136. The predicted octanol–water partition coefficient (Wildman–Crippen LogP) is 5.99. The van der Waals surface area contributed by atoms with Crippen molar-refractivity contribution in [1.82, 2.24) is 15.2 Å². The topological polar surface area (TPSA) is 104 Å². The summed E-state index contributed by atoms with van der Waals surface area (Å²) in [5, 5.41) is 12.1. The first-order valence-corrected chi connectivity index (χ1v) is 14.7. The van der Waals surface area contributed by atoms with Crippen molar-refractivity contribution in [3.63, 3.8) is 0 Å². The second kappa shape index (κ2) is 13.1. The number of amides is 1. The summed E-state index contributed by atoms with van der Waals surface area (Å²) in [6, 6.07) is 18.5. The van der Waals surface area contributed by atoms with Gasteiger partial charge in [-0.3, -0.25) is 15.2 Å². The van der Waals surface area contributed by atoms with E-state index in [-0.39, 0.29) is 23.8 Å². The molecule has 7 nitrogen and oxygen atoms in total. The quantitative estimate of drug-likeness (QED) is 0.217. The van der Waals surface area contributed by atoms with Gasteiger partial charge in [-0.1, -0.05) is 25.8 Å². The number of aromatic nitrogens is 1. The Morgan fingerprint density at radius 3 is 2.45 bits per heavy atom. The average molecular weight is 540 g/mol. The molecule has 2 aromatic carbocycles. The van der Waals surface area contributed by atoms with Gasteiger partial charge in [0.05, 0.1) is 17.4 Å². The molecule has 3 aromatic rings. The maximum Gasteiger partial charge on any atom is 0.251 e. The third-order valence-corrected chi connectivity index (χ3v) is 8.27. The number of nitrogens with two attached hydrogens (primary N) is 1. The van der Waals surface area contributed by atoms with Crippen molar-refractivity contribution in [3.05, 3.63) is 89.2 Å². The van der Waals surface area contributed by atoms with Crippen molar-refractivity contribution >= 4 is 17.3 Å². The van der Waals surface area contributed by atoms with Gasteiger partial charge in [-0.05, 0) is 99.2 Å². The Labute approximate surface area is 237 Å². The van der Waals surface area contributed by atoms with E-state index in [1.807, 2.05) is 42.5 Å². The number of nitrogen functional groups attached to an aromatic ring is 1. The number of hydrogen-bond acceptors (Lipinski definition) is 6. The van der Waals surface area contributed by atoms with Gasteiger partial charge in [-0.2, -0.15) is 0 Å². The molecule has 0 spiro atoms. The summed E-state index contributed by atoms with van der Waals surface area (Å²) in [4.78, 5) is 20.5. The van der Waals surface area contributed by atoms with Crippen molar-refractivity contribution < 1.29 is 9.53 Å². The van der Waals surface area contributed by atoms with Crippen LogP contribution in [0.1, 0.15) is 85.1 Å². The van der Waals surface area contributed by atoms with Crippen LogP contribution in [-0.2, 0) is 0 Å². The summed E-state index contributed by atoms with van der Waals surface area (Å²) in [6.07, 6.45) is 9.76. The van der Waals surface area contributed by atoms with Gasteiger partial charge in [0.1, 0.15) is 11.9 Å². The normalized spacial score (nSPS) is 17.4. The van der Waals surface area contributed by atoms with Crippen LogP contribution in [0, 0.1) is 11.3 Å². The molecular formula is C33H41N5O2. The van der Waals surface area contributed by atoms with Crippen LogP contribution in [0.3, 0.4) is 0 Å². The first-order chi connectivity index (χ1) is 19.5. The molecule has 4 N–H and O–H groups in total. The lowest BCUT2D eigenvalue weighted by atomic mass is 9.94. The van der Waals surface area contributed by atoms with Gasteiger partial charge in [-0.25, -0.2) is 0 Å². The van der Waals surface area contributed by atoms with Crippen LogP contribution in [0.4, 0.5) is 5.69 Å². The summed E-state index contributed by atoms with van der Waals surface area (Å²) in [7, 11) is 0. The van der Waals surface area contributed by atoms with E-state index in [9.17, 15) is 4.79 Å². The third-order valence-electron chi connectivity index (χ3n) is 8.27. The van der Waals surface area contributed by atoms with Crippen LogP contribution >= 0.6 is 0 Å². The van der Waals surface area contributed by atoms with Gasteiger partial charge >= 0.3 is 0 Å². The predicted molar refractivity (Wildman–Crippen MR) is 160 cm³/mol. The lowest BCUT2D eigenvalue weighted by Crippen LogP contribution is -2.38. The van der Waals surface area contributed by atoms with E-state index >= 15 is 0 Å². The molecule has 40 heavy (non-hydrogen) atoms. The zero-order chi connectivity index (χ0) is 27.9. The van der Waals surface area contributed by atoms with E-state index in [1.165, 1.54) is 19.3 Å². The largest absolute Gasteiger partial charge is 0.490 e. The molecule has 0 radical (unpaired) electrons. The van der Waals surface area contributed by atoms with E-state index < -0.39 is 0 Å². The molecule has 1 atom stereocenters. The number of anilines is 1. The lowest BCUT2D eigenvalue weighted by Gasteiger charge is -2.31. The molecule has 5 rings (SSSR count).